The highest BCUT2D eigenvalue weighted by molar-refractivity contribution is 5.68. The van der Waals surface area contributed by atoms with Crippen LogP contribution in [0.25, 0.3) is 11.2 Å². The van der Waals surface area contributed by atoms with Gasteiger partial charge in [0.05, 0.1) is 6.33 Å². The Hall–Kier alpha value is -1.85. The zero-order valence-electron chi connectivity index (χ0n) is 7.94. The molecule has 1 N–H and O–H groups in total. The molecule has 0 aliphatic heterocycles. The average molecular weight is 194 g/mol. The predicted molar refractivity (Wildman–Crippen MR) is 51.3 cm³/mol. The standard InChI is InChI=1S/C8H10N4O2/c1-3-12-7(13)5-6(10-8(12)14)9-4-11(5)2/h4H,3H2,1-2H3,(H,10,14). The van der Waals surface area contributed by atoms with Crippen molar-refractivity contribution < 1.29 is 0 Å². The molecule has 0 spiro atoms. The van der Waals surface area contributed by atoms with Crippen LogP contribution in [0.5, 0.6) is 0 Å². The normalized spacial score (nSPS) is 11.0. The molecular formula is C8H10N4O2. The number of aromatic nitrogens is 4. The molecule has 0 aliphatic carbocycles. The zero-order valence-corrected chi connectivity index (χ0v) is 7.94. The van der Waals surface area contributed by atoms with Crippen LogP contribution in [0.2, 0.25) is 0 Å². The van der Waals surface area contributed by atoms with E-state index >= 15 is 0 Å². The fraction of sp³-hybridized carbons (Fsp3) is 0.375. The molecule has 2 heterocycles. The smallest absolute Gasteiger partial charge is 0.328 e. The summed E-state index contributed by atoms with van der Waals surface area (Å²) in [5.74, 6) is 0. The first-order valence-electron chi connectivity index (χ1n) is 4.29. The molecule has 0 saturated heterocycles. The minimum absolute atomic E-state index is 0.300. The molecule has 0 saturated carbocycles. The maximum Gasteiger partial charge on any atom is 0.330 e. The Morgan fingerprint density at radius 2 is 2.21 bits per heavy atom. The SMILES string of the molecule is CCn1c(=O)[nH]c2ncn(C)c2c1=O. The summed E-state index contributed by atoms with van der Waals surface area (Å²) in [5, 5.41) is 0. The molecule has 0 radical (unpaired) electrons. The summed E-state index contributed by atoms with van der Waals surface area (Å²) in [4.78, 5) is 29.6. The number of hydrogen-bond donors (Lipinski definition) is 1. The minimum Gasteiger partial charge on any atom is -0.328 e. The number of aryl methyl sites for hydroxylation is 1. The summed E-state index contributed by atoms with van der Waals surface area (Å²) in [5.41, 5.74) is 0.0496. The van der Waals surface area contributed by atoms with Crippen LogP contribution < -0.4 is 11.2 Å². The van der Waals surface area contributed by atoms with Crippen LogP contribution in [-0.4, -0.2) is 19.1 Å². The zero-order chi connectivity index (χ0) is 10.3. The molecule has 14 heavy (non-hydrogen) atoms. The van der Waals surface area contributed by atoms with Crippen molar-refractivity contribution in [3.05, 3.63) is 27.2 Å². The van der Waals surface area contributed by atoms with Crippen molar-refractivity contribution in [1.82, 2.24) is 19.1 Å². The number of nitrogens with one attached hydrogen (secondary N) is 1. The molecule has 2 aromatic heterocycles. The van der Waals surface area contributed by atoms with E-state index in [-0.39, 0.29) is 5.56 Å². The number of imidazole rings is 1. The van der Waals surface area contributed by atoms with Crippen molar-refractivity contribution >= 4 is 11.2 Å². The van der Waals surface area contributed by atoms with Crippen LogP contribution in [-0.2, 0) is 13.6 Å². The van der Waals surface area contributed by atoms with Crippen LogP contribution in [0.4, 0.5) is 0 Å². The fourth-order valence-electron chi connectivity index (χ4n) is 1.45. The molecular weight excluding hydrogens is 184 g/mol. The van der Waals surface area contributed by atoms with E-state index in [4.69, 9.17) is 0 Å². The minimum atomic E-state index is -0.413. The summed E-state index contributed by atoms with van der Waals surface area (Å²) in [6, 6.07) is 0. The third-order valence-electron chi connectivity index (χ3n) is 2.17. The van der Waals surface area contributed by atoms with Gasteiger partial charge in [-0.2, -0.15) is 0 Å². The van der Waals surface area contributed by atoms with Gasteiger partial charge in [-0.25, -0.2) is 9.78 Å². The van der Waals surface area contributed by atoms with Gasteiger partial charge >= 0.3 is 5.69 Å². The van der Waals surface area contributed by atoms with E-state index in [1.165, 1.54) is 6.33 Å². The van der Waals surface area contributed by atoms with Crippen LogP contribution in [0.1, 0.15) is 6.92 Å². The summed E-state index contributed by atoms with van der Waals surface area (Å²) in [6.45, 7) is 2.11. The number of H-pyrrole nitrogens is 1. The van der Waals surface area contributed by atoms with Crippen LogP contribution in [0, 0.1) is 0 Å². The Kier molecular flexibility index (Phi) is 1.77. The third kappa shape index (κ3) is 1.00. The van der Waals surface area contributed by atoms with Gasteiger partial charge in [0.2, 0.25) is 0 Å². The molecule has 0 fully saturated rings. The highest BCUT2D eigenvalue weighted by Crippen LogP contribution is 1.99. The highest BCUT2D eigenvalue weighted by Gasteiger charge is 2.09. The number of aromatic amines is 1. The summed E-state index contributed by atoms with van der Waals surface area (Å²) in [6.07, 6.45) is 1.50. The molecule has 6 heteroatoms. The Balaban J connectivity index is 3.05. The lowest BCUT2D eigenvalue weighted by molar-refractivity contribution is 0.679. The molecule has 2 aromatic rings. The Bertz CT molecular complexity index is 589. The van der Waals surface area contributed by atoms with Crippen molar-refractivity contribution in [1.29, 1.82) is 0 Å². The van der Waals surface area contributed by atoms with Gasteiger partial charge in [0.1, 0.15) is 0 Å². The van der Waals surface area contributed by atoms with Gasteiger partial charge in [-0.1, -0.05) is 0 Å². The topological polar surface area (TPSA) is 72.7 Å². The van der Waals surface area contributed by atoms with Gasteiger partial charge < -0.3 is 4.57 Å². The van der Waals surface area contributed by atoms with Gasteiger partial charge in [0.25, 0.3) is 5.56 Å². The lowest BCUT2D eigenvalue weighted by atomic mass is 10.5. The van der Waals surface area contributed by atoms with Crippen LogP contribution in [0.3, 0.4) is 0 Å². The number of fused-ring (bicyclic) bond motifs is 1. The van der Waals surface area contributed by atoms with Gasteiger partial charge in [-0.3, -0.25) is 14.3 Å². The van der Waals surface area contributed by atoms with Crippen LogP contribution >= 0.6 is 0 Å². The summed E-state index contributed by atoms with van der Waals surface area (Å²) >= 11 is 0. The molecule has 0 atom stereocenters. The maximum atomic E-state index is 11.7. The van der Waals surface area contributed by atoms with Gasteiger partial charge in [0, 0.05) is 13.6 Å². The lowest BCUT2D eigenvalue weighted by Crippen LogP contribution is -2.34. The van der Waals surface area contributed by atoms with Crippen molar-refractivity contribution in [2.45, 2.75) is 13.5 Å². The van der Waals surface area contributed by atoms with E-state index in [1.54, 1.807) is 18.5 Å². The molecule has 2 rings (SSSR count). The Labute approximate surface area is 78.8 Å². The summed E-state index contributed by atoms with van der Waals surface area (Å²) < 4.78 is 2.74. The van der Waals surface area contributed by atoms with Crippen molar-refractivity contribution in [3.63, 3.8) is 0 Å². The fourth-order valence-corrected chi connectivity index (χ4v) is 1.45. The predicted octanol–water partition coefficient (Wildman–Crippen LogP) is -0.557. The number of nitrogens with zero attached hydrogens (tertiary/aromatic N) is 3. The molecule has 0 aliphatic rings. The first-order valence-corrected chi connectivity index (χ1v) is 4.29. The first-order chi connectivity index (χ1) is 6.65. The molecule has 0 unspecified atom stereocenters. The largest absolute Gasteiger partial charge is 0.330 e. The van der Waals surface area contributed by atoms with Gasteiger partial charge in [-0.05, 0) is 6.92 Å². The average Bonchev–Trinajstić information content (AvgIpc) is 2.48. The third-order valence-corrected chi connectivity index (χ3v) is 2.17. The Morgan fingerprint density at radius 1 is 1.50 bits per heavy atom. The van der Waals surface area contributed by atoms with Crippen molar-refractivity contribution in [2.24, 2.45) is 7.05 Å². The van der Waals surface area contributed by atoms with E-state index < -0.39 is 5.69 Å². The molecule has 0 bridgehead atoms. The van der Waals surface area contributed by atoms with E-state index in [9.17, 15) is 9.59 Å². The highest BCUT2D eigenvalue weighted by atomic mass is 16.2. The van der Waals surface area contributed by atoms with E-state index in [1.807, 2.05) is 0 Å². The second kappa shape index (κ2) is 2.83. The van der Waals surface area contributed by atoms with Crippen molar-refractivity contribution in [2.75, 3.05) is 0 Å². The molecule has 74 valence electrons. The van der Waals surface area contributed by atoms with E-state index in [2.05, 4.69) is 9.97 Å². The van der Waals surface area contributed by atoms with E-state index in [0.717, 1.165) is 4.57 Å². The second-order valence-corrected chi connectivity index (χ2v) is 3.03. The quantitative estimate of drug-likeness (QED) is 0.661. The molecule has 6 nitrogen and oxygen atoms in total. The second-order valence-electron chi connectivity index (χ2n) is 3.03. The summed E-state index contributed by atoms with van der Waals surface area (Å²) in [7, 11) is 1.72. The first kappa shape index (κ1) is 8.74. The van der Waals surface area contributed by atoms with Gasteiger partial charge in [0.15, 0.2) is 11.2 Å². The van der Waals surface area contributed by atoms with Crippen molar-refractivity contribution in [3.8, 4) is 0 Å². The monoisotopic (exact) mass is 194 g/mol. The lowest BCUT2D eigenvalue weighted by Gasteiger charge is -2.00. The number of rotatable bonds is 1. The number of hydrogen-bond acceptors (Lipinski definition) is 3. The molecule has 0 aromatic carbocycles. The molecule has 0 amide bonds. The van der Waals surface area contributed by atoms with Crippen LogP contribution in [0.15, 0.2) is 15.9 Å². The van der Waals surface area contributed by atoms with Gasteiger partial charge in [-0.15, -0.1) is 0 Å². The maximum absolute atomic E-state index is 11.7. The Morgan fingerprint density at radius 3 is 2.86 bits per heavy atom. The van der Waals surface area contributed by atoms with E-state index in [0.29, 0.717) is 17.7 Å².